The molecule has 2 unspecified atom stereocenters. The number of carbonyl (C=O) groups is 1. The number of thiophene rings is 1. The highest BCUT2D eigenvalue weighted by atomic mass is 32.1. The number of hydrogen-bond acceptors (Lipinski definition) is 6. The van der Waals surface area contributed by atoms with E-state index in [2.05, 4.69) is 20.8 Å². The van der Waals surface area contributed by atoms with Crippen LogP contribution in [0.15, 0.2) is 17.8 Å². The lowest BCUT2D eigenvalue weighted by atomic mass is 10.0. The van der Waals surface area contributed by atoms with Gasteiger partial charge < -0.3 is 11.1 Å². The third kappa shape index (κ3) is 2.44. The maximum absolute atomic E-state index is 12.4. The van der Waals surface area contributed by atoms with Gasteiger partial charge >= 0.3 is 0 Å². The van der Waals surface area contributed by atoms with Crippen LogP contribution in [-0.2, 0) is 0 Å². The zero-order chi connectivity index (χ0) is 13.9. The summed E-state index contributed by atoms with van der Waals surface area (Å²) in [7, 11) is 0. The minimum absolute atomic E-state index is 0.0733. The summed E-state index contributed by atoms with van der Waals surface area (Å²) in [6.45, 7) is 0.620. The monoisotopic (exact) mass is 292 g/mol. The highest BCUT2D eigenvalue weighted by Gasteiger charge is 2.28. The second-order valence-corrected chi connectivity index (χ2v) is 5.81. The molecule has 106 valence electrons. The van der Waals surface area contributed by atoms with Crippen molar-refractivity contribution >= 4 is 17.2 Å². The van der Waals surface area contributed by atoms with E-state index in [1.54, 1.807) is 0 Å². The number of nitrogens with zero attached hydrogens (tertiary/aromatic N) is 4. The van der Waals surface area contributed by atoms with Gasteiger partial charge in [0.1, 0.15) is 11.2 Å². The van der Waals surface area contributed by atoms with Gasteiger partial charge in [-0.15, -0.1) is 16.4 Å². The molecule has 1 aliphatic carbocycles. The molecule has 1 saturated carbocycles. The second-order valence-electron chi connectivity index (χ2n) is 4.90. The molecule has 8 heteroatoms. The molecule has 0 spiro atoms. The average molecular weight is 292 g/mol. The maximum Gasteiger partial charge on any atom is 0.263 e. The van der Waals surface area contributed by atoms with Crippen molar-refractivity contribution in [1.82, 2.24) is 25.5 Å². The molecule has 0 saturated heterocycles. The molecule has 0 bridgehead atoms. The number of amides is 1. The van der Waals surface area contributed by atoms with Crippen LogP contribution in [0.3, 0.4) is 0 Å². The molecule has 0 aliphatic heterocycles. The van der Waals surface area contributed by atoms with Crippen molar-refractivity contribution in [3.63, 3.8) is 0 Å². The van der Waals surface area contributed by atoms with Crippen molar-refractivity contribution in [3.8, 4) is 5.69 Å². The van der Waals surface area contributed by atoms with E-state index < -0.39 is 0 Å². The molecular weight excluding hydrogens is 276 g/mol. The molecule has 0 radical (unpaired) electrons. The number of carbonyl (C=O) groups excluding carboxylic acids is 1. The van der Waals surface area contributed by atoms with Crippen LogP contribution < -0.4 is 11.1 Å². The van der Waals surface area contributed by atoms with Crippen LogP contribution in [-0.4, -0.2) is 38.7 Å². The topological polar surface area (TPSA) is 98.7 Å². The van der Waals surface area contributed by atoms with Crippen molar-refractivity contribution in [1.29, 1.82) is 0 Å². The fourth-order valence-electron chi connectivity index (χ4n) is 2.67. The molecule has 2 aromatic heterocycles. The second kappa shape index (κ2) is 5.68. The van der Waals surface area contributed by atoms with E-state index in [-0.39, 0.29) is 11.9 Å². The molecule has 3 rings (SSSR count). The summed E-state index contributed by atoms with van der Waals surface area (Å²) in [6, 6.07) is 2.02. The lowest BCUT2D eigenvalue weighted by Crippen LogP contribution is -2.39. The Labute approximate surface area is 120 Å². The number of tetrazole rings is 1. The molecule has 1 amide bonds. The maximum atomic E-state index is 12.4. The van der Waals surface area contributed by atoms with Gasteiger partial charge in [-0.05, 0) is 47.2 Å². The average Bonchev–Trinajstić information content (AvgIpc) is 3.19. The largest absolute Gasteiger partial charge is 0.348 e. The number of aromatic nitrogens is 4. The molecule has 2 heterocycles. The van der Waals surface area contributed by atoms with Crippen molar-refractivity contribution < 1.29 is 4.79 Å². The molecule has 20 heavy (non-hydrogen) atoms. The minimum Gasteiger partial charge on any atom is -0.348 e. The van der Waals surface area contributed by atoms with Crippen LogP contribution >= 0.6 is 11.3 Å². The zero-order valence-electron chi connectivity index (χ0n) is 10.9. The van der Waals surface area contributed by atoms with Crippen LogP contribution in [0, 0.1) is 5.92 Å². The molecule has 2 atom stereocenters. The number of nitrogens with two attached hydrogens (primary N) is 1. The zero-order valence-corrected chi connectivity index (χ0v) is 11.7. The highest BCUT2D eigenvalue weighted by Crippen LogP contribution is 2.26. The van der Waals surface area contributed by atoms with Crippen molar-refractivity contribution in [2.75, 3.05) is 6.54 Å². The first kappa shape index (κ1) is 13.2. The van der Waals surface area contributed by atoms with Gasteiger partial charge in [0.15, 0.2) is 0 Å². The first-order valence-electron chi connectivity index (χ1n) is 6.61. The van der Waals surface area contributed by atoms with E-state index in [9.17, 15) is 4.79 Å². The number of nitrogens with one attached hydrogen (secondary N) is 1. The summed E-state index contributed by atoms with van der Waals surface area (Å²) in [4.78, 5) is 13.0. The summed E-state index contributed by atoms with van der Waals surface area (Å²) in [5, 5.41) is 16.0. The van der Waals surface area contributed by atoms with Gasteiger partial charge in [0.25, 0.3) is 5.91 Å². The molecule has 1 fully saturated rings. The minimum atomic E-state index is -0.0733. The van der Waals surface area contributed by atoms with Crippen molar-refractivity contribution in [2.24, 2.45) is 11.7 Å². The quantitative estimate of drug-likeness (QED) is 0.859. The first-order valence-corrected chi connectivity index (χ1v) is 7.49. The molecule has 2 aromatic rings. The van der Waals surface area contributed by atoms with E-state index >= 15 is 0 Å². The lowest BCUT2D eigenvalue weighted by Gasteiger charge is -2.19. The predicted molar refractivity (Wildman–Crippen MR) is 74.7 cm³/mol. The van der Waals surface area contributed by atoms with Gasteiger partial charge in [0, 0.05) is 6.04 Å². The van der Waals surface area contributed by atoms with E-state index in [4.69, 9.17) is 5.73 Å². The van der Waals surface area contributed by atoms with Gasteiger partial charge in [0.2, 0.25) is 0 Å². The Kier molecular flexibility index (Phi) is 3.75. The first-order chi connectivity index (χ1) is 9.79. The SMILES string of the molecule is NCC1CCCC1NC(=O)c1sccc1-n1cnnn1. The summed E-state index contributed by atoms with van der Waals surface area (Å²) < 4.78 is 1.50. The Morgan fingerprint density at radius 3 is 3.20 bits per heavy atom. The molecule has 7 nitrogen and oxygen atoms in total. The number of hydrogen-bond donors (Lipinski definition) is 2. The van der Waals surface area contributed by atoms with Crippen LogP contribution in [0.25, 0.3) is 5.69 Å². The Bertz CT molecular complexity index is 581. The smallest absolute Gasteiger partial charge is 0.263 e. The van der Waals surface area contributed by atoms with Gasteiger partial charge in [-0.2, -0.15) is 4.68 Å². The molecule has 1 aliphatic rings. The Morgan fingerprint density at radius 1 is 1.55 bits per heavy atom. The van der Waals surface area contributed by atoms with Crippen LogP contribution in [0.4, 0.5) is 0 Å². The van der Waals surface area contributed by atoms with Crippen LogP contribution in [0.5, 0.6) is 0 Å². The number of rotatable bonds is 4. The van der Waals surface area contributed by atoms with E-state index in [1.165, 1.54) is 22.3 Å². The van der Waals surface area contributed by atoms with Crippen molar-refractivity contribution in [3.05, 3.63) is 22.7 Å². The van der Waals surface area contributed by atoms with E-state index in [0.717, 1.165) is 19.3 Å². The lowest BCUT2D eigenvalue weighted by molar-refractivity contribution is 0.0933. The Balaban J connectivity index is 1.77. The van der Waals surface area contributed by atoms with Gasteiger partial charge in [-0.3, -0.25) is 4.79 Å². The van der Waals surface area contributed by atoms with Gasteiger partial charge in [0.05, 0.1) is 5.69 Å². The summed E-state index contributed by atoms with van der Waals surface area (Å²) in [6.07, 6.45) is 4.69. The summed E-state index contributed by atoms with van der Waals surface area (Å²) in [5.74, 6) is 0.311. The van der Waals surface area contributed by atoms with Crippen molar-refractivity contribution in [2.45, 2.75) is 25.3 Å². The van der Waals surface area contributed by atoms with E-state index in [1.807, 2.05) is 11.4 Å². The normalized spacial score (nSPS) is 22.1. The van der Waals surface area contributed by atoms with Crippen LogP contribution in [0.1, 0.15) is 28.9 Å². The molecular formula is C12H16N6OS. The fourth-order valence-corrected chi connectivity index (χ4v) is 3.45. The predicted octanol–water partition coefficient (Wildman–Crippen LogP) is 0.581. The van der Waals surface area contributed by atoms with Gasteiger partial charge in [-0.1, -0.05) is 6.42 Å². The summed E-state index contributed by atoms with van der Waals surface area (Å²) in [5.41, 5.74) is 6.45. The molecule has 3 N–H and O–H groups in total. The van der Waals surface area contributed by atoms with Crippen LogP contribution in [0.2, 0.25) is 0 Å². The van der Waals surface area contributed by atoms with Gasteiger partial charge in [-0.25, -0.2) is 0 Å². The fraction of sp³-hybridized carbons (Fsp3) is 0.500. The third-order valence-corrected chi connectivity index (χ3v) is 4.63. The Hall–Kier alpha value is -1.80. The third-order valence-electron chi connectivity index (χ3n) is 3.72. The summed E-state index contributed by atoms with van der Waals surface area (Å²) >= 11 is 1.39. The standard InChI is InChI=1S/C12H16N6OS/c13-6-8-2-1-3-9(8)15-12(19)11-10(4-5-20-11)18-7-14-16-17-18/h4-5,7-9H,1-3,6,13H2,(H,15,19). The Morgan fingerprint density at radius 2 is 2.45 bits per heavy atom. The van der Waals surface area contributed by atoms with E-state index in [0.29, 0.717) is 23.0 Å². The molecule has 0 aromatic carbocycles. The highest BCUT2D eigenvalue weighted by molar-refractivity contribution is 7.12.